The second-order valence-corrected chi connectivity index (χ2v) is 3.08. The van der Waals surface area contributed by atoms with E-state index in [2.05, 4.69) is 37.2 Å². The molecule has 0 aliphatic heterocycles. The maximum absolute atomic E-state index is 11.3. The van der Waals surface area contributed by atoms with Gasteiger partial charge in [-0.25, -0.2) is 4.79 Å². The summed E-state index contributed by atoms with van der Waals surface area (Å²) in [6.07, 6.45) is -0.739. The van der Waals surface area contributed by atoms with Crippen molar-refractivity contribution in [3.63, 3.8) is 0 Å². The van der Waals surface area contributed by atoms with E-state index in [1.807, 2.05) is 39.8 Å². The van der Waals surface area contributed by atoms with E-state index < -0.39 is 6.16 Å². The van der Waals surface area contributed by atoms with Gasteiger partial charge in [-0.1, -0.05) is 64.1 Å². The zero-order valence-corrected chi connectivity index (χ0v) is 17.6. The Bertz CT molecular complexity index is 418. The van der Waals surface area contributed by atoms with E-state index in [1.165, 1.54) is 0 Å². The fourth-order valence-corrected chi connectivity index (χ4v) is 1.19. The molecule has 0 bridgehead atoms. The number of hydrogen-bond acceptors (Lipinski definition) is 3. The number of halogens is 2. The van der Waals surface area contributed by atoms with Gasteiger partial charge in [-0.05, 0) is 24.3 Å². The third-order valence-electron chi connectivity index (χ3n) is 1.89. The molecule has 0 atom stereocenters. The molecule has 0 spiro atoms. The third-order valence-corrected chi connectivity index (χ3v) is 1.89. The molecule has 0 amide bonds. The fourth-order valence-electron chi connectivity index (χ4n) is 1.19. The Morgan fingerprint density at radius 2 is 0.955 bits per heavy atom. The van der Waals surface area contributed by atoms with E-state index >= 15 is 0 Å². The molecular weight excluding hydrogens is 506 g/mol. The first-order valence-corrected chi connectivity index (χ1v) is 13.3. The summed E-state index contributed by atoms with van der Waals surface area (Å²) >= 11 is 4.24. The summed E-state index contributed by atoms with van der Waals surface area (Å²) in [6, 6.07) is 17.6. The number of para-hydroxylation sites is 2. The van der Waals surface area contributed by atoms with Crippen molar-refractivity contribution in [2.75, 3.05) is 0 Å². The Morgan fingerprint density at radius 1 is 0.682 bits per heavy atom. The number of ether oxygens (including phenoxy) is 2. The van der Waals surface area contributed by atoms with Crippen LogP contribution in [0.3, 0.4) is 0 Å². The molecule has 0 aliphatic carbocycles. The van der Waals surface area contributed by atoms with Gasteiger partial charge < -0.3 is 9.47 Å². The van der Waals surface area contributed by atoms with E-state index in [-0.39, 0.29) is 0 Å². The van der Waals surface area contributed by atoms with Crippen molar-refractivity contribution in [1.82, 2.24) is 0 Å². The third kappa shape index (κ3) is 11.8. The predicted molar refractivity (Wildman–Crippen MR) is 110 cm³/mol. The lowest BCUT2D eigenvalue weighted by molar-refractivity contribution is 0.152. The first kappa shape index (κ1) is 23.4. The van der Waals surface area contributed by atoms with Crippen LogP contribution in [0.15, 0.2) is 60.7 Å². The highest BCUT2D eigenvalue weighted by molar-refractivity contribution is 15.0. The number of rotatable bonds is 2. The Hall–Kier alpha value is -0.830. The first-order chi connectivity index (χ1) is 10.8. The molecule has 0 aliphatic rings. The van der Waals surface area contributed by atoms with Gasteiger partial charge in [-0.15, -0.1) is 0 Å². The highest BCUT2D eigenvalue weighted by Gasteiger charge is 2.06. The Morgan fingerprint density at radius 3 is 1.23 bits per heavy atom. The van der Waals surface area contributed by atoms with Gasteiger partial charge in [0.25, 0.3) is 0 Å². The van der Waals surface area contributed by atoms with Gasteiger partial charge in [0.1, 0.15) is 11.5 Å². The average Bonchev–Trinajstić information content (AvgIpc) is 2.62. The minimum Gasteiger partial charge on any atom is -0.395 e. The van der Waals surface area contributed by atoms with Crippen molar-refractivity contribution in [2.45, 2.75) is 27.7 Å². The molecule has 0 saturated carbocycles. The summed E-state index contributed by atoms with van der Waals surface area (Å²) in [4.78, 5) is 11.3. The molecule has 0 aromatic heterocycles. The lowest BCUT2D eigenvalue weighted by Gasteiger charge is -2.04. The van der Waals surface area contributed by atoms with Crippen LogP contribution in [0.4, 0.5) is 4.79 Å². The minimum absolute atomic E-state index is 0.462. The van der Waals surface area contributed by atoms with Crippen molar-refractivity contribution in [2.24, 2.45) is 0 Å². The second kappa shape index (κ2) is 18.2. The molecule has 2 rings (SSSR count). The van der Waals surface area contributed by atoms with Crippen molar-refractivity contribution in [1.29, 1.82) is 0 Å². The van der Waals surface area contributed by atoms with Crippen LogP contribution < -0.4 is 9.47 Å². The molecule has 5 heteroatoms. The van der Waals surface area contributed by atoms with Crippen molar-refractivity contribution in [3.8, 4) is 11.5 Å². The number of carbonyl (C=O) groups is 1. The summed E-state index contributed by atoms with van der Waals surface area (Å²) in [7, 11) is 0. The Labute approximate surface area is 156 Å². The van der Waals surface area contributed by atoms with Gasteiger partial charge in [0.05, 0.1) is 0 Å². The molecule has 2 aromatic rings. The van der Waals surface area contributed by atoms with Gasteiger partial charge in [0.2, 0.25) is 0 Å². The second-order valence-electron chi connectivity index (χ2n) is 3.08. The standard InChI is InChI=1S/C13H10O3.2C2H6.I2/c14-13(15-11-7-3-1-4-8-11)16-12-9-5-2-6-10-12;3*1-2/h1-10H;2*1-2H3;. The largest absolute Gasteiger partial charge is 0.519 e. The Balaban J connectivity index is 0. The van der Waals surface area contributed by atoms with E-state index in [0.29, 0.717) is 11.5 Å². The number of benzene rings is 2. The summed E-state index contributed by atoms with van der Waals surface area (Å²) in [5, 5.41) is 0. The van der Waals surface area contributed by atoms with Gasteiger partial charge in [-0.3, -0.25) is 0 Å². The van der Waals surface area contributed by atoms with Crippen molar-refractivity contribution in [3.05, 3.63) is 60.7 Å². The lowest BCUT2D eigenvalue weighted by Crippen LogP contribution is -2.13. The van der Waals surface area contributed by atoms with Gasteiger partial charge >= 0.3 is 6.16 Å². The predicted octanol–water partition coefficient (Wildman–Crippen LogP) is 7.09. The molecule has 2 aromatic carbocycles. The van der Waals surface area contributed by atoms with E-state index in [9.17, 15) is 4.79 Å². The molecule has 0 heterocycles. The van der Waals surface area contributed by atoms with Crippen LogP contribution in [0.1, 0.15) is 27.7 Å². The van der Waals surface area contributed by atoms with Gasteiger partial charge in [-0.2, -0.15) is 0 Å². The molecule has 0 saturated heterocycles. The molecule has 0 fully saturated rings. The van der Waals surface area contributed by atoms with Crippen LogP contribution in [0.2, 0.25) is 0 Å². The highest BCUT2D eigenvalue weighted by atomic mass is 128. The fraction of sp³-hybridized carbons (Fsp3) is 0.235. The quantitative estimate of drug-likeness (QED) is 0.237. The Kier molecular flexibility index (Phi) is 19.4. The molecule has 0 N–H and O–H groups in total. The van der Waals surface area contributed by atoms with Gasteiger partial charge in [0, 0.05) is 37.2 Å². The van der Waals surface area contributed by atoms with Crippen molar-refractivity contribution >= 4 is 43.4 Å². The minimum atomic E-state index is -0.739. The summed E-state index contributed by atoms with van der Waals surface area (Å²) in [5.41, 5.74) is 0. The SMILES string of the molecule is CC.CC.II.O=C(Oc1ccccc1)Oc1ccccc1. The lowest BCUT2D eigenvalue weighted by atomic mass is 10.3. The molecule has 122 valence electrons. The van der Waals surface area contributed by atoms with Crippen LogP contribution in [0.5, 0.6) is 11.5 Å². The highest BCUT2D eigenvalue weighted by Crippen LogP contribution is 2.12. The zero-order chi connectivity index (χ0) is 17.2. The van der Waals surface area contributed by atoms with E-state index in [0.717, 1.165) is 0 Å². The first-order valence-electron chi connectivity index (χ1n) is 6.98. The molecular formula is C17H22I2O3. The normalized spacial score (nSPS) is 7.73. The summed E-state index contributed by atoms with van der Waals surface area (Å²) < 4.78 is 9.91. The average molecular weight is 528 g/mol. The zero-order valence-electron chi connectivity index (χ0n) is 13.3. The van der Waals surface area contributed by atoms with Crippen LogP contribution in [0.25, 0.3) is 0 Å². The molecule has 3 nitrogen and oxygen atoms in total. The van der Waals surface area contributed by atoms with Gasteiger partial charge in [0.15, 0.2) is 0 Å². The smallest absolute Gasteiger partial charge is 0.395 e. The number of hydrogen-bond donors (Lipinski definition) is 0. The van der Waals surface area contributed by atoms with Crippen LogP contribution in [-0.2, 0) is 0 Å². The van der Waals surface area contributed by atoms with E-state index in [1.54, 1.807) is 48.5 Å². The van der Waals surface area contributed by atoms with Crippen molar-refractivity contribution < 1.29 is 14.3 Å². The number of carbonyl (C=O) groups excluding carboxylic acids is 1. The molecule has 0 unspecified atom stereocenters. The van der Waals surface area contributed by atoms with Crippen LogP contribution in [0, 0.1) is 0 Å². The maximum atomic E-state index is 11.3. The van der Waals surface area contributed by atoms with Crippen LogP contribution in [-0.4, -0.2) is 6.16 Å². The summed E-state index contributed by atoms with van der Waals surface area (Å²) in [5.74, 6) is 0.923. The molecule has 0 radical (unpaired) electrons. The maximum Gasteiger partial charge on any atom is 0.519 e. The van der Waals surface area contributed by atoms with E-state index in [4.69, 9.17) is 9.47 Å². The topological polar surface area (TPSA) is 35.5 Å². The van der Waals surface area contributed by atoms with Crippen LogP contribution >= 0.6 is 37.2 Å². The summed E-state index contributed by atoms with van der Waals surface area (Å²) in [6.45, 7) is 8.00. The monoisotopic (exact) mass is 528 g/mol. The molecule has 22 heavy (non-hydrogen) atoms.